The fourth-order valence-electron chi connectivity index (χ4n) is 5.10. The van der Waals surface area contributed by atoms with Crippen LogP contribution in [0.1, 0.15) is 17.2 Å². The Morgan fingerprint density at radius 3 is 1.93 bits per heavy atom. The Morgan fingerprint density at radius 2 is 1.20 bits per heavy atom. The van der Waals surface area contributed by atoms with E-state index in [-0.39, 0.29) is 6.04 Å². The van der Waals surface area contributed by atoms with E-state index in [2.05, 4.69) is 125 Å². The van der Waals surface area contributed by atoms with E-state index in [1.165, 1.54) is 49.5 Å². The standard InChI is InChI=1S/C28H20BrN/c1-30-25-13-7-6-12-24(25)26-22-10-4-2-8-20(22)21-9-3-5-11-23(21)27(26)28(30)18-14-16-19(29)17-15-18/h2-17,28H,1H3. The molecule has 5 aromatic rings. The van der Waals surface area contributed by atoms with Gasteiger partial charge in [0.25, 0.3) is 0 Å². The molecule has 0 aliphatic carbocycles. The Balaban J connectivity index is 1.83. The molecule has 144 valence electrons. The van der Waals surface area contributed by atoms with Crippen LogP contribution < -0.4 is 4.90 Å². The van der Waals surface area contributed by atoms with Gasteiger partial charge in [-0.25, -0.2) is 0 Å². The van der Waals surface area contributed by atoms with E-state index < -0.39 is 0 Å². The summed E-state index contributed by atoms with van der Waals surface area (Å²) in [6.07, 6.45) is 0. The molecule has 0 bridgehead atoms. The largest absolute Gasteiger partial charge is 0.363 e. The zero-order chi connectivity index (χ0) is 20.2. The first-order chi connectivity index (χ1) is 14.7. The number of para-hydroxylation sites is 1. The van der Waals surface area contributed by atoms with E-state index in [1.54, 1.807) is 0 Å². The minimum atomic E-state index is 0.150. The molecule has 1 atom stereocenters. The third-order valence-electron chi connectivity index (χ3n) is 6.37. The lowest BCUT2D eigenvalue weighted by Gasteiger charge is -2.39. The van der Waals surface area contributed by atoms with Crippen molar-refractivity contribution in [3.8, 4) is 11.1 Å². The van der Waals surface area contributed by atoms with Gasteiger partial charge in [-0.2, -0.15) is 0 Å². The van der Waals surface area contributed by atoms with Crippen molar-refractivity contribution in [1.29, 1.82) is 0 Å². The molecule has 0 radical (unpaired) electrons. The summed E-state index contributed by atoms with van der Waals surface area (Å²) in [5.41, 5.74) is 6.65. The Kier molecular flexibility index (Phi) is 3.97. The highest BCUT2D eigenvalue weighted by molar-refractivity contribution is 9.10. The molecule has 6 rings (SSSR count). The minimum absolute atomic E-state index is 0.150. The highest BCUT2D eigenvalue weighted by Gasteiger charge is 2.33. The van der Waals surface area contributed by atoms with Crippen molar-refractivity contribution >= 4 is 43.2 Å². The summed E-state index contributed by atoms with van der Waals surface area (Å²) in [6.45, 7) is 0. The van der Waals surface area contributed by atoms with Crippen molar-refractivity contribution < 1.29 is 0 Å². The van der Waals surface area contributed by atoms with Crippen molar-refractivity contribution in [1.82, 2.24) is 0 Å². The molecule has 1 aliphatic rings. The lowest BCUT2D eigenvalue weighted by molar-refractivity contribution is 0.782. The van der Waals surface area contributed by atoms with Crippen molar-refractivity contribution in [2.24, 2.45) is 0 Å². The maximum atomic E-state index is 3.60. The highest BCUT2D eigenvalue weighted by Crippen LogP contribution is 2.52. The Hall–Kier alpha value is -3.10. The Morgan fingerprint density at radius 1 is 0.633 bits per heavy atom. The van der Waals surface area contributed by atoms with Crippen LogP contribution in [0.4, 0.5) is 5.69 Å². The topological polar surface area (TPSA) is 3.24 Å². The molecule has 5 aromatic carbocycles. The van der Waals surface area contributed by atoms with Gasteiger partial charge in [0.1, 0.15) is 0 Å². The van der Waals surface area contributed by atoms with Gasteiger partial charge in [0, 0.05) is 22.8 Å². The minimum Gasteiger partial charge on any atom is -0.363 e. The van der Waals surface area contributed by atoms with Gasteiger partial charge in [-0.15, -0.1) is 0 Å². The van der Waals surface area contributed by atoms with Gasteiger partial charge in [-0.05, 0) is 56.4 Å². The molecule has 0 saturated carbocycles. The fraction of sp³-hybridized carbons (Fsp3) is 0.0714. The average Bonchev–Trinajstić information content (AvgIpc) is 2.80. The number of fused-ring (bicyclic) bond motifs is 8. The maximum absolute atomic E-state index is 3.60. The van der Waals surface area contributed by atoms with Crippen LogP contribution in [0, 0.1) is 0 Å². The predicted octanol–water partition coefficient (Wildman–Crippen LogP) is 7.96. The zero-order valence-electron chi connectivity index (χ0n) is 16.6. The van der Waals surface area contributed by atoms with Crippen molar-refractivity contribution in [3.05, 3.63) is 113 Å². The van der Waals surface area contributed by atoms with Crippen LogP contribution in [0.25, 0.3) is 32.7 Å². The van der Waals surface area contributed by atoms with Crippen LogP contribution in [-0.2, 0) is 0 Å². The molecule has 0 spiro atoms. The molecule has 1 nitrogen and oxygen atoms in total. The molecule has 1 unspecified atom stereocenters. The number of halogens is 1. The summed E-state index contributed by atoms with van der Waals surface area (Å²) in [5, 5.41) is 5.30. The van der Waals surface area contributed by atoms with Crippen LogP contribution in [0.2, 0.25) is 0 Å². The zero-order valence-corrected chi connectivity index (χ0v) is 18.2. The second-order valence-corrected chi connectivity index (χ2v) is 8.88. The molecule has 2 heteroatoms. The monoisotopic (exact) mass is 449 g/mol. The molecule has 0 aromatic heterocycles. The van der Waals surface area contributed by atoms with Crippen LogP contribution in [0.3, 0.4) is 0 Å². The molecule has 30 heavy (non-hydrogen) atoms. The van der Waals surface area contributed by atoms with Crippen molar-refractivity contribution in [3.63, 3.8) is 0 Å². The van der Waals surface area contributed by atoms with E-state index in [0.717, 1.165) is 4.47 Å². The molecule has 0 fully saturated rings. The second kappa shape index (κ2) is 6.72. The van der Waals surface area contributed by atoms with Crippen LogP contribution in [-0.4, -0.2) is 7.05 Å². The maximum Gasteiger partial charge on any atom is 0.0805 e. The van der Waals surface area contributed by atoms with Crippen LogP contribution in [0.15, 0.2) is 102 Å². The average molecular weight is 450 g/mol. The third-order valence-corrected chi connectivity index (χ3v) is 6.90. The van der Waals surface area contributed by atoms with Gasteiger partial charge in [0.2, 0.25) is 0 Å². The first kappa shape index (κ1) is 17.7. The highest BCUT2D eigenvalue weighted by atomic mass is 79.9. The summed E-state index contributed by atoms with van der Waals surface area (Å²) < 4.78 is 1.11. The molecule has 1 heterocycles. The lowest BCUT2D eigenvalue weighted by atomic mass is 9.79. The second-order valence-electron chi connectivity index (χ2n) is 7.96. The number of nitrogens with zero attached hydrogens (tertiary/aromatic N) is 1. The normalized spacial score (nSPS) is 15.3. The molecule has 0 amide bonds. The smallest absolute Gasteiger partial charge is 0.0805 e. The van der Waals surface area contributed by atoms with E-state index in [4.69, 9.17) is 0 Å². The summed E-state index contributed by atoms with van der Waals surface area (Å²) in [6, 6.07) is 35.4. The molecular formula is C28H20BrN. The lowest BCUT2D eigenvalue weighted by Crippen LogP contribution is -2.29. The van der Waals surface area contributed by atoms with Gasteiger partial charge < -0.3 is 4.90 Å². The summed E-state index contributed by atoms with van der Waals surface area (Å²) in [7, 11) is 2.22. The SMILES string of the molecule is CN1c2ccccc2-c2c(c3ccccc3c3ccccc23)C1c1ccc(Br)cc1. The predicted molar refractivity (Wildman–Crippen MR) is 131 cm³/mol. The Bertz CT molecular complexity index is 1420. The number of hydrogen-bond acceptors (Lipinski definition) is 1. The van der Waals surface area contributed by atoms with E-state index >= 15 is 0 Å². The summed E-state index contributed by atoms with van der Waals surface area (Å²) in [4.78, 5) is 2.43. The number of hydrogen-bond donors (Lipinski definition) is 0. The molecule has 0 saturated heterocycles. The first-order valence-corrected chi connectivity index (χ1v) is 11.0. The molecule has 0 N–H and O–H groups in total. The summed E-state index contributed by atoms with van der Waals surface area (Å²) in [5.74, 6) is 0. The van der Waals surface area contributed by atoms with Gasteiger partial charge in [0.05, 0.1) is 6.04 Å². The molecular weight excluding hydrogens is 430 g/mol. The number of benzene rings is 5. The quantitative estimate of drug-likeness (QED) is 0.234. The number of anilines is 1. The van der Waals surface area contributed by atoms with Crippen LogP contribution >= 0.6 is 15.9 Å². The van der Waals surface area contributed by atoms with Gasteiger partial charge in [-0.1, -0.05) is 94.8 Å². The van der Waals surface area contributed by atoms with Crippen LogP contribution in [0.5, 0.6) is 0 Å². The van der Waals surface area contributed by atoms with E-state index in [9.17, 15) is 0 Å². The summed E-state index contributed by atoms with van der Waals surface area (Å²) >= 11 is 3.60. The van der Waals surface area contributed by atoms with Crippen molar-refractivity contribution in [2.45, 2.75) is 6.04 Å². The first-order valence-electron chi connectivity index (χ1n) is 10.2. The molecule has 1 aliphatic heterocycles. The fourth-order valence-corrected chi connectivity index (χ4v) is 5.37. The van der Waals surface area contributed by atoms with Gasteiger partial charge >= 0.3 is 0 Å². The van der Waals surface area contributed by atoms with E-state index in [1.807, 2.05) is 0 Å². The third kappa shape index (κ3) is 2.47. The van der Waals surface area contributed by atoms with Gasteiger partial charge in [0.15, 0.2) is 0 Å². The van der Waals surface area contributed by atoms with Crippen molar-refractivity contribution in [2.75, 3.05) is 11.9 Å². The Labute approximate surface area is 184 Å². The van der Waals surface area contributed by atoms with Gasteiger partial charge in [-0.3, -0.25) is 0 Å². The number of rotatable bonds is 1. The van der Waals surface area contributed by atoms with E-state index in [0.29, 0.717) is 0 Å².